The third kappa shape index (κ3) is 4.05. The molecule has 1 fully saturated rings. The highest BCUT2D eigenvalue weighted by atomic mass is 32.2. The van der Waals surface area contributed by atoms with Crippen LogP contribution in [-0.2, 0) is 0 Å². The summed E-state index contributed by atoms with van der Waals surface area (Å²) in [6.07, 6.45) is 10.2. The topological polar surface area (TPSA) is 97.1 Å². The highest BCUT2D eigenvalue weighted by molar-refractivity contribution is 8.17. The van der Waals surface area contributed by atoms with Crippen molar-refractivity contribution in [2.75, 3.05) is 38.6 Å². The SMILES string of the molecule is COc1ccc(NC2=CC3=CN=CNC34SC(C(=N)NCCN3CCCC3)=NC4=C2)cc1. The molecule has 0 amide bonds. The van der Waals surface area contributed by atoms with Crippen LogP contribution in [0.15, 0.2) is 69.6 Å². The van der Waals surface area contributed by atoms with E-state index in [0.29, 0.717) is 10.9 Å². The van der Waals surface area contributed by atoms with Crippen molar-refractivity contribution in [3.63, 3.8) is 0 Å². The van der Waals surface area contributed by atoms with Crippen molar-refractivity contribution in [1.29, 1.82) is 5.41 Å². The van der Waals surface area contributed by atoms with E-state index < -0.39 is 4.87 Å². The number of aliphatic imine (C=N–C) groups is 2. The van der Waals surface area contributed by atoms with Gasteiger partial charge in [-0.25, -0.2) is 9.98 Å². The van der Waals surface area contributed by atoms with E-state index in [-0.39, 0.29) is 0 Å². The Morgan fingerprint density at radius 2 is 2.06 bits per heavy atom. The number of ether oxygens (including phenoxy) is 1. The molecule has 4 N–H and O–H groups in total. The Morgan fingerprint density at radius 1 is 1.25 bits per heavy atom. The fourth-order valence-electron chi connectivity index (χ4n) is 4.21. The van der Waals surface area contributed by atoms with E-state index in [0.717, 1.165) is 54.6 Å². The van der Waals surface area contributed by atoms with Gasteiger partial charge in [-0.2, -0.15) is 0 Å². The van der Waals surface area contributed by atoms with Crippen molar-refractivity contribution in [3.8, 4) is 5.75 Å². The molecular formula is C23H27N7OS. The number of hydrogen-bond donors (Lipinski definition) is 4. The number of rotatable bonds is 7. The number of nitrogens with one attached hydrogen (secondary N) is 4. The molecule has 1 aromatic rings. The first-order chi connectivity index (χ1) is 15.7. The third-order valence-corrected chi connectivity index (χ3v) is 7.28. The molecule has 9 heteroatoms. The summed E-state index contributed by atoms with van der Waals surface area (Å²) < 4.78 is 5.24. The quantitative estimate of drug-likeness (QED) is 0.378. The molecule has 0 bridgehead atoms. The molecule has 166 valence electrons. The van der Waals surface area contributed by atoms with Crippen LogP contribution in [-0.4, -0.2) is 60.3 Å². The molecule has 1 unspecified atom stereocenters. The Bertz CT molecular complexity index is 1050. The van der Waals surface area contributed by atoms with E-state index in [1.54, 1.807) is 25.2 Å². The minimum atomic E-state index is -0.537. The minimum absolute atomic E-state index is 0.368. The van der Waals surface area contributed by atoms with Crippen LogP contribution in [0.3, 0.4) is 0 Å². The Kier molecular flexibility index (Phi) is 5.75. The van der Waals surface area contributed by atoms with Crippen molar-refractivity contribution < 1.29 is 4.74 Å². The van der Waals surface area contributed by atoms with Gasteiger partial charge in [-0.05, 0) is 62.3 Å². The summed E-state index contributed by atoms with van der Waals surface area (Å²) in [7, 11) is 1.66. The summed E-state index contributed by atoms with van der Waals surface area (Å²) in [5.41, 5.74) is 3.74. The first-order valence-electron chi connectivity index (χ1n) is 10.8. The van der Waals surface area contributed by atoms with Gasteiger partial charge < -0.3 is 25.6 Å². The number of nitrogens with zero attached hydrogens (tertiary/aromatic N) is 3. The second kappa shape index (κ2) is 8.84. The van der Waals surface area contributed by atoms with Crippen molar-refractivity contribution in [2.45, 2.75) is 17.7 Å². The molecule has 1 atom stereocenters. The van der Waals surface area contributed by atoms with Crippen LogP contribution in [0.5, 0.6) is 5.75 Å². The van der Waals surface area contributed by atoms with Gasteiger partial charge in [-0.1, -0.05) is 11.8 Å². The minimum Gasteiger partial charge on any atom is -0.497 e. The van der Waals surface area contributed by atoms with Crippen LogP contribution in [0.2, 0.25) is 0 Å². The zero-order chi connectivity index (χ0) is 22.0. The average Bonchev–Trinajstić information content (AvgIpc) is 3.46. The number of methoxy groups -OCH3 is 1. The van der Waals surface area contributed by atoms with Gasteiger partial charge in [-0.3, -0.25) is 5.41 Å². The van der Waals surface area contributed by atoms with Gasteiger partial charge in [0.05, 0.1) is 19.1 Å². The lowest BCUT2D eigenvalue weighted by Gasteiger charge is -2.35. The van der Waals surface area contributed by atoms with Gasteiger partial charge in [0.1, 0.15) is 10.8 Å². The second-order valence-corrected chi connectivity index (χ2v) is 9.24. The summed E-state index contributed by atoms with van der Waals surface area (Å²) in [6, 6.07) is 7.80. The summed E-state index contributed by atoms with van der Waals surface area (Å²) >= 11 is 1.55. The Morgan fingerprint density at radius 3 is 2.84 bits per heavy atom. The summed E-state index contributed by atoms with van der Waals surface area (Å²) in [4.78, 5) is 11.0. The number of amidine groups is 1. The van der Waals surface area contributed by atoms with Gasteiger partial charge in [0.25, 0.3) is 0 Å². The first kappa shape index (κ1) is 20.8. The largest absolute Gasteiger partial charge is 0.497 e. The van der Waals surface area contributed by atoms with Crippen molar-refractivity contribution in [2.24, 2.45) is 9.98 Å². The molecule has 3 aliphatic heterocycles. The maximum absolute atomic E-state index is 8.55. The summed E-state index contributed by atoms with van der Waals surface area (Å²) in [5.74, 6) is 1.18. The lowest BCUT2D eigenvalue weighted by atomic mass is 9.96. The highest BCUT2D eigenvalue weighted by Crippen LogP contribution is 2.48. The molecule has 1 aliphatic carbocycles. The lowest BCUT2D eigenvalue weighted by molar-refractivity contribution is 0.344. The smallest absolute Gasteiger partial charge is 0.161 e. The van der Waals surface area contributed by atoms with E-state index in [1.165, 1.54) is 12.8 Å². The number of thioether (sulfide) groups is 1. The maximum Gasteiger partial charge on any atom is 0.161 e. The number of benzene rings is 1. The summed E-state index contributed by atoms with van der Waals surface area (Å²) in [6.45, 7) is 4.04. The second-order valence-electron chi connectivity index (χ2n) is 8.04. The summed E-state index contributed by atoms with van der Waals surface area (Å²) in [5, 5.41) is 19.3. The van der Waals surface area contributed by atoms with Crippen molar-refractivity contribution in [3.05, 3.63) is 59.6 Å². The van der Waals surface area contributed by atoms with Crippen LogP contribution in [0.1, 0.15) is 12.8 Å². The van der Waals surface area contributed by atoms with Gasteiger partial charge in [0.2, 0.25) is 0 Å². The Hall–Kier alpha value is -3.04. The lowest BCUT2D eigenvalue weighted by Crippen LogP contribution is -2.46. The van der Waals surface area contributed by atoms with E-state index in [1.807, 2.05) is 36.5 Å². The van der Waals surface area contributed by atoms with Gasteiger partial charge in [0.15, 0.2) is 10.7 Å². The van der Waals surface area contributed by atoms with E-state index in [4.69, 9.17) is 15.1 Å². The highest BCUT2D eigenvalue weighted by Gasteiger charge is 2.47. The van der Waals surface area contributed by atoms with Gasteiger partial charge >= 0.3 is 0 Å². The zero-order valence-electron chi connectivity index (χ0n) is 18.0. The van der Waals surface area contributed by atoms with Crippen LogP contribution >= 0.6 is 11.8 Å². The number of likely N-dealkylation sites (tertiary alicyclic amines) is 1. The molecule has 0 radical (unpaired) electrons. The monoisotopic (exact) mass is 449 g/mol. The van der Waals surface area contributed by atoms with Crippen molar-refractivity contribution >= 4 is 34.7 Å². The maximum atomic E-state index is 8.55. The molecule has 1 spiro atoms. The molecule has 5 rings (SSSR count). The Labute approximate surface area is 192 Å². The molecule has 0 saturated carbocycles. The van der Waals surface area contributed by atoms with Crippen LogP contribution in [0.4, 0.5) is 5.69 Å². The average molecular weight is 450 g/mol. The molecule has 1 saturated heterocycles. The molecule has 8 nitrogen and oxygen atoms in total. The third-order valence-electron chi connectivity index (χ3n) is 5.92. The molecular weight excluding hydrogens is 422 g/mol. The molecule has 3 heterocycles. The molecule has 32 heavy (non-hydrogen) atoms. The fourth-order valence-corrected chi connectivity index (χ4v) is 5.37. The zero-order valence-corrected chi connectivity index (χ0v) is 18.8. The van der Waals surface area contributed by atoms with Crippen LogP contribution in [0, 0.1) is 5.41 Å². The molecule has 1 aromatic carbocycles. The first-order valence-corrected chi connectivity index (χ1v) is 11.7. The van der Waals surface area contributed by atoms with E-state index in [2.05, 4.69) is 31.9 Å². The van der Waals surface area contributed by atoms with Gasteiger partial charge in [0, 0.05) is 36.2 Å². The van der Waals surface area contributed by atoms with Crippen LogP contribution < -0.4 is 20.7 Å². The standard InChI is InChI=1S/C23H27N7OS/c1-31-19-6-4-17(5-7-19)28-18-12-16-14-25-15-27-23(16)20(13-18)29-22(32-23)21(24)26-8-11-30-9-2-3-10-30/h4-7,12-15,28H,2-3,8-11H2,1H3,(H2,24,26)(H,25,27). The Balaban J connectivity index is 1.32. The van der Waals surface area contributed by atoms with E-state index >= 15 is 0 Å². The number of allylic oxidation sites excluding steroid dienone is 1. The van der Waals surface area contributed by atoms with Crippen molar-refractivity contribution in [1.82, 2.24) is 15.5 Å². The van der Waals surface area contributed by atoms with Gasteiger partial charge in [-0.15, -0.1) is 0 Å². The number of anilines is 1. The predicted molar refractivity (Wildman–Crippen MR) is 132 cm³/mol. The normalized spacial score (nSPS) is 23.8. The molecule has 0 aromatic heterocycles. The van der Waals surface area contributed by atoms with Crippen LogP contribution in [0.25, 0.3) is 0 Å². The fraction of sp³-hybridized carbons (Fsp3) is 0.348. The molecule has 4 aliphatic rings. The number of hydrogen-bond acceptors (Lipinski definition) is 8. The van der Waals surface area contributed by atoms with E-state index in [9.17, 15) is 0 Å². The predicted octanol–water partition coefficient (Wildman–Crippen LogP) is 2.91.